The maximum absolute atomic E-state index is 13.5. The summed E-state index contributed by atoms with van der Waals surface area (Å²) in [6.45, 7) is 5.27. The molecule has 2 aromatic rings. The summed E-state index contributed by atoms with van der Waals surface area (Å²) in [7, 11) is -5.94. The van der Waals surface area contributed by atoms with Crippen LogP contribution in [0.25, 0.3) is 11.1 Å². The molecular weight excluding hydrogens is 464 g/mol. The predicted molar refractivity (Wildman–Crippen MR) is 128 cm³/mol. The lowest BCUT2D eigenvalue weighted by Crippen LogP contribution is -2.50. The van der Waals surface area contributed by atoms with Gasteiger partial charge in [0.2, 0.25) is 20.0 Å². The van der Waals surface area contributed by atoms with Crippen LogP contribution in [0.4, 0.5) is 0 Å². The highest BCUT2D eigenvalue weighted by molar-refractivity contribution is 7.89. The normalized spacial score (nSPS) is 22.2. The van der Waals surface area contributed by atoms with Gasteiger partial charge in [-0.3, -0.25) is 0 Å². The molecule has 1 heterocycles. The average Bonchev–Trinajstić information content (AvgIpc) is 2.75. The van der Waals surface area contributed by atoms with Gasteiger partial charge in [0, 0.05) is 25.6 Å². The van der Waals surface area contributed by atoms with Gasteiger partial charge in [-0.05, 0) is 37.1 Å². The van der Waals surface area contributed by atoms with Gasteiger partial charge in [-0.1, -0.05) is 42.8 Å². The Balaban J connectivity index is 2.14. The number of aliphatic hydroxyl groups excluding tert-OH is 1. The van der Waals surface area contributed by atoms with Crippen LogP contribution in [-0.2, 0) is 20.0 Å². The zero-order valence-corrected chi connectivity index (χ0v) is 21.2. The van der Waals surface area contributed by atoms with Crippen LogP contribution in [0.5, 0.6) is 5.75 Å². The van der Waals surface area contributed by atoms with Gasteiger partial charge in [0.15, 0.2) is 0 Å². The lowest BCUT2D eigenvalue weighted by molar-refractivity contribution is 0.0906. The van der Waals surface area contributed by atoms with E-state index >= 15 is 0 Å². The molecule has 0 fully saturated rings. The fraction of sp³-hybridized carbons (Fsp3) is 0.478. The van der Waals surface area contributed by atoms with Gasteiger partial charge in [0.25, 0.3) is 0 Å². The van der Waals surface area contributed by atoms with Crippen LogP contribution in [0, 0.1) is 12.8 Å². The number of hydrogen-bond donors (Lipinski definition) is 1. The van der Waals surface area contributed by atoms with Crippen molar-refractivity contribution < 1.29 is 26.7 Å². The van der Waals surface area contributed by atoms with Gasteiger partial charge < -0.3 is 9.84 Å². The fourth-order valence-electron chi connectivity index (χ4n) is 3.76. The van der Waals surface area contributed by atoms with E-state index in [4.69, 9.17) is 4.74 Å². The first-order valence-electron chi connectivity index (χ1n) is 10.8. The first-order valence-corrected chi connectivity index (χ1v) is 14.0. The van der Waals surface area contributed by atoms with Crippen molar-refractivity contribution in [2.75, 3.05) is 33.0 Å². The number of ether oxygens (including phenoxy) is 1. The molecule has 0 amide bonds. The van der Waals surface area contributed by atoms with E-state index in [-0.39, 0.29) is 36.3 Å². The van der Waals surface area contributed by atoms with Crippen molar-refractivity contribution in [2.45, 2.75) is 37.8 Å². The number of benzene rings is 2. The van der Waals surface area contributed by atoms with Crippen LogP contribution in [-0.4, -0.2) is 75.7 Å². The number of nitrogens with zero attached hydrogens (tertiary/aromatic N) is 2. The van der Waals surface area contributed by atoms with Gasteiger partial charge in [-0.2, -0.15) is 4.31 Å². The zero-order valence-electron chi connectivity index (χ0n) is 19.6. The monoisotopic (exact) mass is 496 g/mol. The molecule has 182 valence electrons. The largest absolute Gasteiger partial charge is 0.487 e. The molecule has 1 N–H and O–H groups in total. The highest BCUT2D eigenvalue weighted by Crippen LogP contribution is 2.36. The molecular formula is C23H32N2O6S2. The molecule has 3 atom stereocenters. The fourth-order valence-corrected chi connectivity index (χ4v) is 6.00. The molecule has 0 saturated carbocycles. The molecule has 2 aromatic carbocycles. The molecule has 33 heavy (non-hydrogen) atoms. The summed E-state index contributed by atoms with van der Waals surface area (Å²) in [6.07, 6.45) is 0.523. The van der Waals surface area contributed by atoms with Gasteiger partial charge in [0.1, 0.15) is 16.7 Å². The van der Waals surface area contributed by atoms with Crippen molar-refractivity contribution in [2.24, 2.45) is 5.92 Å². The van der Waals surface area contributed by atoms with E-state index < -0.39 is 32.2 Å². The predicted octanol–water partition coefficient (Wildman–Crippen LogP) is 2.32. The van der Waals surface area contributed by atoms with Crippen LogP contribution >= 0.6 is 0 Å². The number of aliphatic hydroxyl groups is 1. The first kappa shape index (κ1) is 25.6. The molecule has 0 aromatic heterocycles. The standard InChI is InChI=1S/C23H32N2O6S2/c1-16-6-8-19(9-7-16)20-10-11-23-21(12-20)31-22(14-24(4)32(5,27)28)17(2)13-25(18(3)15-26)33(23,29)30/h6-12,17-18,22,26H,13-15H2,1-5H3/t17-,18-,22+/m1/s1. The number of likely N-dealkylation sites (N-methyl/N-ethyl adjacent to an activating group) is 1. The molecule has 0 bridgehead atoms. The van der Waals surface area contributed by atoms with Crippen LogP contribution < -0.4 is 4.74 Å². The second-order valence-corrected chi connectivity index (χ2v) is 12.8. The summed E-state index contributed by atoms with van der Waals surface area (Å²) in [5.74, 6) is -0.171. The third kappa shape index (κ3) is 5.58. The summed E-state index contributed by atoms with van der Waals surface area (Å²) in [4.78, 5) is -0.00225. The quantitative estimate of drug-likeness (QED) is 0.658. The van der Waals surface area contributed by atoms with E-state index in [2.05, 4.69) is 0 Å². The molecule has 3 rings (SSSR count). The van der Waals surface area contributed by atoms with Gasteiger partial charge >= 0.3 is 0 Å². The van der Waals surface area contributed by atoms with Crippen molar-refractivity contribution in [1.82, 2.24) is 8.61 Å². The van der Waals surface area contributed by atoms with Gasteiger partial charge in [-0.15, -0.1) is 0 Å². The molecule has 8 nitrogen and oxygen atoms in total. The average molecular weight is 497 g/mol. The minimum absolute atomic E-state index is 0.00225. The number of hydrogen-bond acceptors (Lipinski definition) is 6. The second-order valence-electron chi connectivity index (χ2n) is 8.81. The number of aryl methyl sites for hydroxylation is 1. The Morgan fingerprint density at radius 1 is 1.18 bits per heavy atom. The number of fused-ring (bicyclic) bond motifs is 1. The smallest absolute Gasteiger partial charge is 0.247 e. The van der Waals surface area contributed by atoms with Crippen molar-refractivity contribution in [3.63, 3.8) is 0 Å². The third-order valence-electron chi connectivity index (χ3n) is 6.06. The maximum atomic E-state index is 13.5. The van der Waals surface area contributed by atoms with E-state index in [1.54, 1.807) is 19.1 Å². The third-order valence-corrected chi connectivity index (χ3v) is 9.36. The van der Waals surface area contributed by atoms with E-state index in [1.807, 2.05) is 38.1 Å². The summed E-state index contributed by atoms with van der Waals surface area (Å²) in [6, 6.07) is 12.1. The van der Waals surface area contributed by atoms with Gasteiger partial charge in [0.05, 0.1) is 19.4 Å². The summed E-state index contributed by atoms with van der Waals surface area (Å²) in [5, 5.41) is 9.72. The Bertz CT molecular complexity index is 1200. The second kappa shape index (κ2) is 9.71. The van der Waals surface area contributed by atoms with E-state index in [9.17, 15) is 21.9 Å². The maximum Gasteiger partial charge on any atom is 0.247 e. The number of rotatable bonds is 6. The molecule has 0 unspecified atom stereocenters. The number of sulfonamides is 2. The Hall–Kier alpha value is -1.98. The molecule has 0 saturated heterocycles. The molecule has 1 aliphatic rings. The zero-order chi connectivity index (χ0) is 24.6. The van der Waals surface area contributed by atoms with E-state index in [1.165, 1.54) is 21.7 Å². The Kier molecular flexibility index (Phi) is 7.55. The van der Waals surface area contributed by atoms with Crippen LogP contribution in [0.2, 0.25) is 0 Å². The topological polar surface area (TPSA) is 104 Å². The highest BCUT2D eigenvalue weighted by Gasteiger charge is 2.38. The van der Waals surface area contributed by atoms with E-state index in [0.29, 0.717) is 0 Å². The lowest BCUT2D eigenvalue weighted by Gasteiger charge is -2.37. The molecule has 10 heteroatoms. The highest BCUT2D eigenvalue weighted by atomic mass is 32.2. The minimum Gasteiger partial charge on any atom is -0.487 e. The molecule has 0 radical (unpaired) electrons. The molecule has 0 aliphatic carbocycles. The lowest BCUT2D eigenvalue weighted by atomic mass is 10.0. The Morgan fingerprint density at radius 3 is 2.36 bits per heavy atom. The van der Waals surface area contributed by atoms with Crippen molar-refractivity contribution in [3.05, 3.63) is 48.0 Å². The van der Waals surface area contributed by atoms with Gasteiger partial charge in [-0.25, -0.2) is 21.1 Å². The van der Waals surface area contributed by atoms with E-state index in [0.717, 1.165) is 22.9 Å². The molecule has 0 spiro atoms. The summed E-state index contributed by atoms with van der Waals surface area (Å²) >= 11 is 0. The minimum atomic E-state index is -3.96. The Morgan fingerprint density at radius 2 is 1.79 bits per heavy atom. The van der Waals surface area contributed by atoms with Crippen LogP contribution in [0.3, 0.4) is 0 Å². The summed E-state index contributed by atoms with van der Waals surface area (Å²) < 4.78 is 59.8. The Labute approximate surface area is 196 Å². The molecule has 1 aliphatic heterocycles. The van der Waals surface area contributed by atoms with Crippen LogP contribution in [0.15, 0.2) is 47.4 Å². The van der Waals surface area contributed by atoms with Crippen LogP contribution in [0.1, 0.15) is 19.4 Å². The summed E-state index contributed by atoms with van der Waals surface area (Å²) in [5.41, 5.74) is 2.80. The SMILES string of the molecule is Cc1ccc(-c2ccc3c(c2)O[C@@H](CN(C)S(C)(=O)=O)[C@H](C)CN([C@H](C)CO)S3(=O)=O)cc1. The van der Waals surface area contributed by atoms with Crippen molar-refractivity contribution in [1.29, 1.82) is 0 Å². The van der Waals surface area contributed by atoms with Crippen molar-refractivity contribution in [3.8, 4) is 16.9 Å². The first-order chi connectivity index (χ1) is 15.3. The van der Waals surface area contributed by atoms with Crippen molar-refractivity contribution >= 4 is 20.0 Å².